The van der Waals surface area contributed by atoms with E-state index in [0.717, 1.165) is 0 Å². The van der Waals surface area contributed by atoms with Crippen LogP contribution in [0.1, 0.15) is 0 Å². The maximum atomic E-state index is 0. The molecule has 0 aromatic carbocycles. The van der Waals surface area contributed by atoms with Crippen molar-refractivity contribution in [2.45, 2.75) is 0 Å². The van der Waals surface area contributed by atoms with Crippen molar-refractivity contribution >= 4 is 0 Å². The molecule has 0 amide bonds. The Morgan fingerprint density at radius 2 is 1.00 bits per heavy atom. The fourth-order valence-electron chi connectivity index (χ4n) is 0. The predicted octanol–water partition coefficient (Wildman–Crippen LogP) is -0.0100. The van der Waals surface area contributed by atoms with Gasteiger partial charge in [-0.15, -0.1) is 0 Å². The molecule has 0 spiro atoms. The summed E-state index contributed by atoms with van der Waals surface area (Å²) in [6.07, 6.45) is 0. The van der Waals surface area contributed by atoms with Crippen LogP contribution in [-0.2, 0) is 72.9 Å². The Morgan fingerprint density at radius 1 is 1.00 bits per heavy atom. The average Bonchev–Trinajstić information content (AvgIpc) is 0. The zero-order valence-corrected chi connectivity index (χ0v) is 6.36. The Kier molecular flexibility index (Phi) is 157. The van der Waals surface area contributed by atoms with Crippen LogP contribution in [0, 0.1) is 0 Å². The molecule has 0 N–H and O–H groups in total. The topological polar surface area (TPSA) is 0 Å². The molecule has 0 bridgehead atoms. The van der Waals surface area contributed by atoms with E-state index < -0.39 is 0 Å². The maximum absolute atomic E-state index is 0. The smallest absolute Gasteiger partial charge is 0 e. The first kappa shape index (κ1) is 33.8. The second-order valence-electron chi connectivity index (χ2n) is 0. The van der Waals surface area contributed by atoms with Gasteiger partial charge < -0.3 is 0 Å². The number of hydrogen-bond donors (Lipinski definition) is 0. The predicted molar refractivity (Wildman–Crippen MR) is 0 cm³/mol. The van der Waals surface area contributed by atoms with Crippen molar-refractivity contribution < 1.29 is 72.9 Å². The molecular weight excluding hydrogens is 222 g/mol. The summed E-state index contributed by atoms with van der Waals surface area (Å²) >= 11 is 0. The third-order valence-corrected chi connectivity index (χ3v) is 0. The van der Waals surface area contributed by atoms with E-state index in [1.807, 2.05) is 0 Å². The molecule has 0 aliphatic heterocycles. The molecule has 4 heteroatoms. The van der Waals surface area contributed by atoms with Crippen LogP contribution in [-0.4, -0.2) is 0 Å². The summed E-state index contributed by atoms with van der Waals surface area (Å²) in [7, 11) is 0. The Hall–Kier alpha value is 2.27. The van der Waals surface area contributed by atoms with Crippen molar-refractivity contribution in [1.29, 1.82) is 0 Å². The molecule has 0 aromatic rings. The molecule has 0 heterocycles. The SMILES string of the molecule is [Co].[Cr].[Cu].[Ti]. The molecule has 0 fully saturated rings. The van der Waals surface area contributed by atoms with Gasteiger partial charge in [0, 0.05) is 72.9 Å². The van der Waals surface area contributed by atoms with E-state index in [-0.39, 0.29) is 72.9 Å². The first-order valence-electron chi connectivity index (χ1n) is 0. The van der Waals surface area contributed by atoms with Crippen LogP contribution in [0.5, 0.6) is 0 Å². The minimum absolute atomic E-state index is 0. The van der Waals surface area contributed by atoms with Crippen LogP contribution in [0.3, 0.4) is 0 Å². The Bertz CT molecular complexity index is 8.00. The van der Waals surface area contributed by atoms with E-state index in [1.165, 1.54) is 0 Å². The molecule has 0 rings (SSSR count). The van der Waals surface area contributed by atoms with E-state index in [2.05, 4.69) is 0 Å². The van der Waals surface area contributed by atoms with Crippen LogP contribution < -0.4 is 0 Å². The standard InChI is InChI=1S/Co.Cr.Cu.Ti. The normalized spacial score (nSPS) is 0. The van der Waals surface area contributed by atoms with Gasteiger partial charge in [0.1, 0.15) is 0 Å². The molecule has 30 valence electrons. The van der Waals surface area contributed by atoms with E-state index in [4.69, 9.17) is 0 Å². The fraction of sp³-hybridized carbons (Fsp3) is 0. The molecule has 0 aliphatic carbocycles. The first-order valence-corrected chi connectivity index (χ1v) is 0. The van der Waals surface area contributed by atoms with Crippen LogP contribution in [0.15, 0.2) is 0 Å². The summed E-state index contributed by atoms with van der Waals surface area (Å²) in [5.74, 6) is 0. The van der Waals surface area contributed by atoms with Gasteiger partial charge in [-0.1, -0.05) is 0 Å². The quantitative estimate of drug-likeness (QED) is 0.506. The van der Waals surface area contributed by atoms with Crippen molar-refractivity contribution in [3.8, 4) is 0 Å². The maximum Gasteiger partial charge on any atom is 0 e. The Labute approximate surface area is 72.2 Å². The first-order chi connectivity index (χ1) is 0. The monoisotopic (exact) mass is 222 g/mol. The Balaban J connectivity index is 0. The molecule has 0 saturated carbocycles. The summed E-state index contributed by atoms with van der Waals surface area (Å²) in [6.45, 7) is 0. The molecule has 0 nitrogen and oxygen atoms in total. The van der Waals surface area contributed by atoms with Gasteiger partial charge in [0.2, 0.25) is 0 Å². The van der Waals surface area contributed by atoms with Crippen LogP contribution in [0.4, 0.5) is 0 Å². The molecule has 0 aliphatic rings. The zero-order valence-electron chi connectivity index (χ0n) is 1.54. The summed E-state index contributed by atoms with van der Waals surface area (Å²) in [5.41, 5.74) is 0. The third-order valence-electron chi connectivity index (χ3n) is 0. The van der Waals surface area contributed by atoms with Crippen molar-refractivity contribution in [3.63, 3.8) is 0 Å². The second-order valence-corrected chi connectivity index (χ2v) is 0. The van der Waals surface area contributed by atoms with E-state index in [9.17, 15) is 0 Å². The third kappa shape index (κ3) is 8.86. The molecule has 4 heavy (non-hydrogen) atoms. The van der Waals surface area contributed by atoms with Gasteiger partial charge in [-0.25, -0.2) is 0 Å². The van der Waals surface area contributed by atoms with E-state index >= 15 is 0 Å². The fourth-order valence-corrected chi connectivity index (χ4v) is 0. The zero-order chi connectivity index (χ0) is 0. The summed E-state index contributed by atoms with van der Waals surface area (Å²) in [6, 6.07) is 0. The summed E-state index contributed by atoms with van der Waals surface area (Å²) < 4.78 is 0. The van der Waals surface area contributed by atoms with Crippen molar-refractivity contribution in [3.05, 3.63) is 0 Å². The summed E-state index contributed by atoms with van der Waals surface area (Å²) in [5, 5.41) is 0. The van der Waals surface area contributed by atoms with Crippen molar-refractivity contribution in [2.75, 3.05) is 0 Å². The Morgan fingerprint density at radius 3 is 1.00 bits per heavy atom. The number of hydrogen-bond acceptors (Lipinski definition) is 0. The van der Waals surface area contributed by atoms with Gasteiger partial charge in [0.15, 0.2) is 0 Å². The molecule has 0 aromatic heterocycles. The van der Waals surface area contributed by atoms with Gasteiger partial charge in [0.25, 0.3) is 0 Å². The molecule has 0 saturated heterocycles. The van der Waals surface area contributed by atoms with Crippen LogP contribution in [0.25, 0.3) is 0 Å². The number of rotatable bonds is 0. The van der Waals surface area contributed by atoms with Gasteiger partial charge in [-0.3, -0.25) is 0 Å². The molecule has 0 atom stereocenters. The van der Waals surface area contributed by atoms with E-state index in [0.29, 0.717) is 0 Å². The second kappa shape index (κ2) is 18.6. The molecule has 0 unspecified atom stereocenters. The minimum Gasteiger partial charge on any atom is 0 e. The van der Waals surface area contributed by atoms with Gasteiger partial charge in [-0.05, 0) is 0 Å². The average molecular weight is 222 g/mol. The van der Waals surface area contributed by atoms with Gasteiger partial charge in [0.05, 0.1) is 0 Å². The largest absolute Gasteiger partial charge is 0 e. The van der Waals surface area contributed by atoms with Crippen LogP contribution >= 0.6 is 0 Å². The van der Waals surface area contributed by atoms with Gasteiger partial charge in [-0.2, -0.15) is 0 Å². The summed E-state index contributed by atoms with van der Waals surface area (Å²) in [4.78, 5) is 0. The van der Waals surface area contributed by atoms with Crippen molar-refractivity contribution in [1.82, 2.24) is 0 Å². The molecular formula is CoCrCuTi. The van der Waals surface area contributed by atoms with E-state index in [1.54, 1.807) is 0 Å². The minimum atomic E-state index is 0. The van der Waals surface area contributed by atoms with Crippen molar-refractivity contribution in [2.24, 2.45) is 0 Å². The van der Waals surface area contributed by atoms with Crippen LogP contribution in [0.2, 0.25) is 0 Å². The van der Waals surface area contributed by atoms with Gasteiger partial charge >= 0.3 is 0 Å². The molecule has 2 radical (unpaired) electrons.